The first-order valence-electron chi connectivity index (χ1n) is 10.5. The van der Waals surface area contributed by atoms with Gasteiger partial charge in [0.05, 0.1) is 17.4 Å². The van der Waals surface area contributed by atoms with Crippen LogP contribution in [0.15, 0.2) is 53.7 Å². The van der Waals surface area contributed by atoms with Crippen LogP contribution in [-0.2, 0) is 9.59 Å². The number of ether oxygens (including phenoxy) is 2. The van der Waals surface area contributed by atoms with Crippen LogP contribution in [0.5, 0.6) is 11.5 Å². The van der Waals surface area contributed by atoms with E-state index < -0.39 is 18.1 Å². The number of anilines is 2. The van der Waals surface area contributed by atoms with E-state index in [0.29, 0.717) is 39.8 Å². The zero-order chi connectivity index (χ0) is 23.5. The van der Waals surface area contributed by atoms with Crippen molar-refractivity contribution in [1.82, 2.24) is 0 Å². The summed E-state index contributed by atoms with van der Waals surface area (Å²) >= 11 is 0. The molecule has 2 heterocycles. The Hall–Kier alpha value is -3.49. The van der Waals surface area contributed by atoms with Gasteiger partial charge in [0.15, 0.2) is 17.3 Å². The second-order valence-corrected chi connectivity index (χ2v) is 9.16. The SMILES string of the molecule is CC1(C)CC(=O)C2=C(C1)Nc1ccccc1N(C(=O)C(F)(F)F)C2c1ccc2c(c1)OCO2. The van der Waals surface area contributed by atoms with E-state index in [2.05, 4.69) is 5.32 Å². The number of carbonyl (C=O) groups excluding carboxylic acids is 2. The van der Waals surface area contributed by atoms with Gasteiger partial charge in [0.2, 0.25) is 6.79 Å². The van der Waals surface area contributed by atoms with Gasteiger partial charge < -0.3 is 14.8 Å². The van der Waals surface area contributed by atoms with Gasteiger partial charge in [0, 0.05) is 17.7 Å². The van der Waals surface area contributed by atoms with Crippen LogP contribution in [0.2, 0.25) is 0 Å². The summed E-state index contributed by atoms with van der Waals surface area (Å²) in [5.74, 6) is -1.55. The molecule has 0 aromatic heterocycles. The highest BCUT2D eigenvalue weighted by Crippen LogP contribution is 2.50. The van der Waals surface area contributed by atoms with Crippen molar-refractivity contribution >= 4 is 23.1 Å². The van der Waals surface area contributed by atoms with Crippen molar-refractivity contribution in [3.05, 3.63) is 59.3 Å². The number of alkyl halides is 3. The topological polar surface area (TPSA) is 67.9 Å². The summed E-state index contributed by atoms with van der Waals surface area (Å²) in [5, 5.41) is 3.18. The minimum atomic E-state index is -5.15. The number of Topliss-reactive ketones (excluding diaryl/α,β-unsaturated/α-hetero) is 1. The van der Waals surface area contributed by atoms with E-state index in [0.717, 1.165) is 0 Å². The molecule has 1 unspecified atom stereocenters. The molecule has 2 aromatic rings. The lowest BCUT2D eigenvalue weighted by molar-refractivity contribution is -0.170. The van der Waals surface area contributed by atoms with Crippen LogP contribution in [0.3, 0.4) is 0 Å². The fraction of sp³-hybridized carbons (Fsp3) is 0.333. The summed E-state index contributed by atoms with van der Waals surface area (Å²) in [6.45, 7) is 3.85. The van der Waals surface area contributed by atoms with Crippen LogP contribution in [-0.4, -0.2) is 24.7 Å². The van der Waals surface area contributed by atoms with Crippen molar-refractivity contribution < 1.29 is 32.2 Å². The van der Waals surface area contributed by atoms with Crippen LogP contribution in [0, 0.1) is 5.41 Å². The number of amides is 1. The molecule has 0 spiro atoms. The molecule has 0 radical (unpaired) electrons. The Balaban J connectivity index is 1.79. The van der Waals surface area contributed by atoms with Gasteiger partial charge in [-0.1, -0.05) is 32.0 Å². The third kappa shape index (κ3) is 3.61. The number of nitrogens with zero attached hydrogens (tertiary/aromatic N) is 1. The second kappa shape index (κ2) is 7.26. The van der Waals surface area contributed by atoms with E-state index in [1.165, 1.54) is 12.1 Å². The summed E-state index contributed by atoms with van der Waals surface area (Å²) < 4.78 is 52.3. The number of carbonyl (C=O) groups is 2. The Kier molecular flexibility index (Phi) is 4.70. The largest absolute Gasteiger partial charge is 0.471 e. The highest BCUT2D eigenvalue weighted by Gasteiger charge is 2.50. The van der Waals surface area contributed by atoms with Crippen LogP contribution < -0.4 is 19.7 Å². The molecule has 1 amide bonds. The first kappa shape index (κ1) is 21.4. The lowest BCUT2D eigenvalue weighted by Gasteiger charge is -2.37. The maximum Gasteiger partial charge on any atom is 0.471 e. The molecule has 172 valence electrons. The molecule has 0 saturated heterocycles. The van der Waals surface area contributed by atoms with Crippen molar-refractivity contribution in [2.24, 2.45) is 5.41 Å². The second-order valence-electron chi connectivity index (χ2n) is 9.16. The number of hydrogen-bond donors (Lipinski definition) is 1. The Morgan fingerprint density at radius 2 is 1.82 bits per heavy atom. The molecule has 6 nitrogen and oxygen atoms in total. The molecule has 1 N–H and O–H groups in total. The van der Waals surface area contributed by atoms with E-state index in [4.69, 9.17) is 9.47 Å². The van der Waals surface area contributed by atoms with Gasteiger partial charge in [-0.15, -0.1) is 0 Å². The van der Waals surface area contributed by atoms with E-state index >= 15 is 0 Å². The number of fused-ring (bicyclic) bond motifs is 2. The molecule has 33 heavy (non-hydrogen) atoms. The van der Waals surface area contributed by atoms with Crippen molar-refractivity contribution in [2.45, 2.75) is 38.9 Å². The number of nitrogens with one attached hydrogen (secondary N) is 1. The smallest absolute Gasteiger partial charge is 0.454 e. The predicted molar refractivity (Wildman–Crippen MR) is 114 cm³/mol. The van der Waals surface area contributed by atoms with E-state index in [-0.39, 0.29) is 35.7 Å². The molecule has 5 rings (SSSR count). The van der Waals surface area contributed by atoms with E-state index in [1.54, 1.807) is 30.3 Å². The summed E-state index contributed by atoms with van der Waals surface area (Å²) in [5.41, 5.74) is 0.987. The maximum absolute atomic E-state index is 13.9. The molecular formula is C24H21F3N2O4. The fourth-order valence-corrected chi connectivity index (χ4v) is 4.75. The third-order valence-corrected chi connectivity index (χ3v) is 6.07. The quantitative estimate of drug-likeness (QED) is 0.643. The normalized spacial score (nSPS) is 21.2. The number of rotatable bonds is 1. The molecule has 2 aliphatic heterocycles. The van der Waals surface area contributed by atoms with Gasteiger partial charge in [-0.3, -0.25) is 14.5 Å². The zero-order valence-electron chi connectivity index (χ0n) is 18.0. The Bertz CT molecular complexity index is 1200. The molecule has 2 aromatic carbocycles. The Labute approximate surface area is 188 Å². The summed E-state index contributed by atoms with van der Waals surface area (Å²) in [6, 6.07) is 9.67. The van der Waals surface area contributed by atoms with Crippen LogP contribution in [0.1, 0.15) is 38.3 Å². The van der Waals surface area contributed by atoms with Gasteiger partial charge in [-0.25, -0.2) is 0 Å². The standard InChI is InChI=1S/C24H21F3N2O4/c1-23(2)10-15-20(17(30)11-23)21(13-7-8-18-19(9-13)33-12-32-18)29(22(31)24(25,26)27)16-6-4-3-5-14(16)28-15/h3-9,21,28H,10-12H2,1-2H3. The van der Waals surface area contributed by atoms with Gasteiger partial charge in [-0.2, -0.15) is 13.2 Å². The minimum absolute atomic E-state index is 0.0138. The fourth-order valence-electron chi connectivity index (χ4n) is 4.75. The molecule has 1 atom stereocenters. The van der Waals surface area contributed by atoms with Crippen molar-refractivity contribution in [3.8, 4) is 11.5 Å². The first-order valence-corrected chi connectivity index (χ1v) is 10.5. The molecule has 0 saturated carbocycles. The lowest BCUT2D eigenvalue weighted by atomic mass is 9.73. The molecule has 3 aliphatic rings. The number of ketones is 1. The summed E-state index contributed by atoms with van der Waals surface area (Å²) in [4.78, 5) is 26.9. The first-order chi connectivity index (χ1) is 15.5. The number of hydrogen-bond acceptors (Lipinski definition) is 5. The molecule has 0 fully saturated rings. The van der Waals surface area contributed by atoms with E-state index in [9.17, 15) is 22.8 Å². The van der Waals surface area contributed by atoms with Crippen LogP contribution in [0.4, 0.5) is 24.5 Å². The lowest BCUT2D eigenvalue weighted by Crippen LogP contribution is -2.45. The maximum atomic E-state index is 13.9. The Morgan fingerprint density at radius 1 is 1.09 bits per heavy atom. The van der Waals surface area contributed by atoms with Gasteiger partial charge in [0.1, 0.15) is 0 Å². The summed E-state index contributed by atoms with van der Waals surface area (Å²) in [7, 11) is 0. The van der Waals surface area contributed by atoms with Crippen LogP contribution in [0.25, 0.3) is 0 Å². The predicted octanol–water partition coefficient (Wildman–Crippen LogP) is 5.12. The van der Waals surface area contributed by atoms with Gasteiger partial charge in [0.25, 0.3) is 0 Å². The van der Waals surface area contributed by atoms with E-state index in [1.807, 2.05) is 13.8 Å². The van der Waals surface area contributed by atoms with Gasteiger partial charge in [-0.05, 0) is 41.7 Å². The highest BCUT2D eigenvalue weighted by atomic mass is 19.4. The molecule has 0 bridgehead atoms. The monoisotopic (exact) mass is 458 g/mol. The number of halogens is 3. The van der Waals surface area contributed by atoms with Gasteiger partial charge >= 0.3 is 12.1 Å². The van der Waals surface area contributed by atoms with Crippen LogP contribution >= 0.6 is 0 Å². The summed E-state index contributed by atoms with van der Waals surface area (Å²) in [6.07, 6.45) is -4.56. The molecule has 9 heteroatoms. The number of benzene rings is 2. The third-order valence-electron chi connectivity index (χ3n) is 6.07. The molecule has 1 aliphatic carbocycles. The average Bonchev–Trinajstić information content (AvgIpc) is 3.14. The van der Waals surface area contributed by atoms with Crippen molar-refractivity contribution in [1.29, 1.82) is 0 Å². The minimum Gasteiger partial charge on any atom is -0.454 e. The number of allylic oxidation sites excluding steroid dienone is 1. The van der Waals surface area contributed by atoms with Crippen molar-refractivity contribution in [3.63, 3.8) is 0 Å². The zero-order valence-corrected chi connectivity index (χ0v) is 18.0. The highest BCUT2D eigenvalue weighted by molar-refractivity contribution is 6.07. The number of para-hydroxylation sites is 2. The Morgan fingerprint density at radius 3 is 2.58 bits per heavy atom. The average molecular weight is 458 g/mol. The van der Waals surface area contributed by atoms with Crippen molar-refractivity contribution in [2.75, 3.05) is 17.0 Å². The molecular weight excluding hydrogens is 437 g/mol.